The maximum atomic E-state index is 13.1. The Kier molecular flexibility index (Phi) is 4.81. The van der Waals surface area contributed by atoms with Crippen molar-refractivity contribution >= 4 is 11.3 Å². The average molecular weight is 354 g/mol. The van der Waals surface area contributed by atoms with Crippen LogP contribution in [0.5, 0.6) is 0 Å². The van der Waals surface area contributed by atoms with Gasteiger partial charge in [-0.1, -0.05) is 12.1 Å². The molecular formula is C19H23FN6. The lowest BCUT2D eigenvalue weighted by molar-refractivity contribution is 0.206. The Labute approximate surface area is 151 Å². The van der Waals surface area contributed by atoms with Gasteiger partial charge in [0.25, 0.3) is 0 Å². The van der Waals surface area contributed by atoms with E-state index < -0.39 is 0 Å². The standard InChI is InChI=1S/C19H23FN6/c20-16-3-1-14(2-4-16)11-22-19-18-15(5-10-26(18)24-13-23-19)12-25-8-6-17(21)7-9-25/h1-5,10,13,17H,6-9,11-12,21H2,(H,22,23,24). The van der Waals surface area contributed by atoms with Gasteiger partial charge in [0.15, 0.2) is 5.82 Å². The van der Waals surface area contributed by atoms with E-state index in [1.54, 1.807) is 18.5 Å². The van der Waals surface area contributed by atoms with Gasteiger partial charge >= 0.3 is 0 Å². The maximum Gasteiger partial charge on any atom is 0.154 e. The Hall–Kier alpha value is -2.51. The number of nitrogens with one attached hydrogen (secondary N) is 1. The molecule has 0 saturated carbocycles. The van der Waals surface area contributed by atoms with Crippen molar-refractivity contribution in [3.8, 4) is 0 Å². The van der Waals surface area contributed by atoms with Gasteiger partial charge in [-0.2, -0.15) is 5.10 Å². The maximum absolute atomic E-state index is 13.1. The minimum atomic E-state index is -0.228. The molecule has 1 fully saturated rings. The highest BCUT2D eigenvalue weighted by molar-refractivity contribution is 5.72. The predicted octanol–water partition coefficient (Wildman–Crippen LogP) is 2.40. The van der Waals surface area contributed by atoms with Gasteiger partial charge in [-0.3, -0.25) is 4.90 Å². The molecule has 136 valence electrons. The normalized spacial score (nSPS) is 16.2. The SMILES string of the molecule is NC1CCN(Cc2ccn3ncnc(NCc4ccc(F)cc4)c23)CC1. The smallest absolute Gasteiger partial charge is 0.154 e. The van der Waals surface area contributed by atoms with Crippen LogP contribution in [0.3, 0.4) is 0 Å². The molecule has 0 radical (unpaired) electrons. The molecule has 2 aromatic heterocycles. The van der Waals surface area contributed by atoms with Crippen molar-refractivity contribution in [2.75, 3.05) is 18.4 Å². The number of nitrogens with two attached hydrogens (primary N) is 1. The van der Waals surface area contributed by atoms with Gasteiger partial charge in [-0.15, -0.1) is 0 Å². The van der Waals surface area contributed by atoms with E-state index >= 15 is 0 Å². The van der Waals surface area contributed by atoms with Crippen molar-refractivity contribution in [1.82, 2.24) is 19.5 Å². The largest absolute Gasteiger partial charge is 0.364 e. The number of benzene rings is 1. The highest BCUT2D eigenvalue weighted by Crippen LogP contribution is 2.22. The summed E-state index contributed by atoms with van der Waals surface area (Å²) in [5.41, 5.74) is 9.19. The average Bonchev–Trinajstić information content (AvgIpc) is 3.07. The summed E-state index contributed by atoms with van der Waals surface area (Å²) in [6.45, 7) is 3.48. The minimum absolute atomic E-state index is 0.228. The first-order valence-electron chi connectivity index (χ1n) is 8.96. The van der Waals surface area contributed by atoms with Gasteiger partial charge in [0.2, 0.25) is 0 Å². The van der Waals surface area contributed by atoms with E-state index in [-0.39, 0.29) is 5.82 Å². The Balaban J connectivity index is 1.53. The van der Waals surface area contributed by atoms with E-state index in [1.807, 2.05) is 10.7 Å². The Morgan fingerprint density at radius 2 is 1.92 bits per heavy atom. The number of hydrogen-bond donors (Lipinski definition) is 2. The summed E-state index contributed by atoms with van der Waals surface area (Å²) in [5.74, 6) is 0.561. The lowest BCUT2D eigenvalue weighted by Crippen LogP contribution is -2.39. The van der Waals surface area contributed by atoms with Crippen molar-refractivity contribution in [3.05, 3.63) is 59.8 Å². The topological polar surface area (TPSA) is 71.5 Å². The lowest BCUT2D eigenvalue weighted by Gasteiger charge is -2.29. The second-order valence-electron chi connectivity index (χ2n) is 6.84. The molecule has 1 aliphatic heterocycles. The molecule has 26 heavy (non-hydrogen) atoms. The number of aromatic nitrogens is 3. The number of piperidine rings is 1. The fourth-order valence-electron chi connectivity index (χ4n) is 3.42. The molecule has 0 bridgehead atoms. The minimum Gasteiger partial charge on any atom is -0.364 e. The molecule has 3 aromatic rings. The van der Waals surface area contributed by atoms with Crippen LogP contribution in [0.2, 0.25) is 0 Å². The van der Waals surface area contributed by atoms with E-state index in [9.17, 15) is 4.39 Å². The van der Waals surface area contributed by atoms with Crippen molar-refractivity contribution in [3.63, 3.8) is 0 Å². The molecule has 1 aromatic carbocycles. The van der Waals surface area contributed by atoms with Crippen LogP contribution >= 0.6 is 0 Å². The summed E-state index contributed by atoms with van der Waals surface area (Å²) in [6, 6.07) is 8.91. The number of halogens is 1. The van der Waals surface area contributed by atoms with Gasteiger partial charge in [-0.05, 0) is 55.3 Å². The second-order valence-corrected chi connectivity index (χ2v) is 6.84. The number of nitrogens with zero attached hydrogens (tertiary/aromatic N) is 4. The molecule has 0 aliphatic carbocycles. The third-order valence-corrected chi connectivity index (χ3v) is 4.94. The summed E-state index contributed by atoms with van der Waals surface area (Å²) in [6.07, 6.45) is 5.59. The van der Waals surface area contributed by atoms with Gasteiger partial charge in [0.05, 0.1) is 0 Å². The third-order valence-electron chi connectivity index (χ3n) is 4.94. The zero-order valence-corrected chi connectivity index (χ0v) is 14.6. The highest BCUT2D eigenvalue weighted by Gasteiger charge is 2.18. The van der Waals surface area contributed by atoms with Crippen LogP contribution in [-0.2, 0) is 13.1 Å². The van der Waals surface area contributed by atoms with Crippen LogP contribution in [0.4, 0.5) is 10.2 Å². The van der Waals surface area contributed by atoms with Gasteiger partial charge in [0.1, 0.15) is 17.7 Å². The van der Waals surface area contributed by atoms with E-state index in [0.717, 1.165) is 49.4 Å². The molecule has 1 aliphatic rings. The molecule has 4 rings (SSSR count). The molecule has 0 spiro atoms. The van der Waals surface area contributed by atoms with E-state index in [2.05, 4.69) is 26.4 Å². The quantitative estimate of drug-likeness (QED) is 0.736. The van der Waals surface area contributed by atoms with Crippen molar-refractivity contribution in [2.24, 2.45) is 5.73 Å². The summed E-state index contributed by atoms with van der Waals surface area (Å²) >= 11 is 0. The second kappa shape index (κ2) is 7.39. The Bertz CT molecular complexity index is 867. The first kappa shape index (κ1) is 16.9. The fraction of sp³-hybridized carbons (Fsp3) is 0.368. The fourth-order valence-corrected chi connectivity index (χ4v) is 3.42. The summed E-state index contributed by atoms with van der Waals surface area (Å²) in [7, 11) is 0. The van der Waals surface area contributed by atoms with Crippen LogP contribution in [0.1, 0.15) is 24.0 Å². The summed E-state index contributed by atoms with van der Waals surface area (Å²) in [4.78, 5) is 6.85. The van der Waals surface area contributed by atoms with Crippen LogP contribution in [0.15, 0.2) is 42.9 Å². The van der Waals surface area contributed by atoms with Crippen LogP contribution in [0.25, 0.3) is 5.52 Å². The van der Waals surface area contributed by atoms with Crippen molar-refractivity contribution in [1.29, 1.82) is 0 Å². The zero-order chi connectivity index (χ0) is 17.9. The molecule has 7 heteroatoms. The highest BCUT2D eigenvalue weighted by atomic mass is 19.1. The van der Waals surface area contributed by atoms with E-state index in [4.69, 9.17) is 5.73 Å². The first-order valence-corrected chi connectivity index (χ1v) is 8.96. The number of likely N-dealkylation sites (tertiary alicyclic amines) is 1. The summed E-state index contributed by atoms with van der Waals surface area (Å²) < 4.78 is 14.9. The van der Waals surface area contributed by atoms with E-state index in [1.165, 1.54) is 17.7 Å². The third kappa shape index (κ3) is 3.68. The predicted molar refractivity (Wildman–Crippen MR) is 99.2 cm³/mol. The number of anilines is 1. The molecular weight excluding hydrogens is 331 g/mol. The van der Waals surface area contributed by atoms with Gasteiger partial charge < -0.3 is 11.1 Å². The molecule has 6 nitrogen and oxygen atoms in total. The van der Waals surface area contributed by atoms with Crippen LogP contribution in [0, 0.1) is 5.82 Å². The van der Waals surface area contributed by atoms with Crippen molar-refractivity contribution in [2.45, 2.75) is 32.0 Å². The Morgan fingerprint density at radius 1 is 1.15 bits per heavy atom. The number of fused-ring (bicyclic) bond motifs is 1. The zero-order valence-electron chi connectivity index (χ0n) is 14.6. The molecule has 0 unspecified atom stereocenters. The van der Waals surface area contributed by atoms with Crippen LogP contribution < -0.4 is 11.1 Å². The lowest BCUT2D eigenvalue weighted by atomic mass is 10.1. The van der Waals surface area contributed by atoms with Gasteiger partial charge in [0, 0.05) is 25.3 Å². The van der Waals surface area contributed by atoms with Crippen molar-refractivity contribution < 1.29 is 4.39 Å². The Morgan fingerprint density at radius 3 is 2.69 bits per heavy atom. The molecule has 1 saturated heterocycles. The number of rotatable bonds is 5. The van der Waals surface area contributed by atoms with E-state index in [0.29, 0.717) is 12.6 Å². The molecule has 3 heterocycles. The monoisotopic (exact) mass is 354 g/mol. The molecule has 0 atom stereocenters. The number of hydrogen-bond acceptors (Lipinski definition) is 5. The van der Waals surface area contributed by atoms with Crippen LogP contribution in [-0.4, -0.2) is 38.6 Å². The molecule has 3 N–H and O–H groups in total. The first-order chi connectivity index (χ1) is 12.7. The summed E-state index contributed by atoms with van der Waals surface area (Å²) in [5, 5.41) is 7.67. The van der Waals surface area contributed by atoms with Gasteiger partial charge in [-0.25, -0.2) is 13.9 Å². The molecule has 0 amide bonds.